The highest BCUT2D eigenvalue weighted by Gasteiger charge is 2.12. The molecule has 1 aromatic heterocycles. The number of benzene rings is 2. The zero-order valence-electron chi connectivity index (χ0n) is 13.9. The highest BCUT2D eigenvalue weighted by atomic mass is 35.5. The van der Waals surface area contributed by atoms with Crippen molar-refractivity contribution >= 4 is 40.9 Å². The summed E-state index contributed by atoms with van der Waals surface area (Å²) in [6, 6.07) is 13.7. The summed E-state index contributed by atoms with van der Waals surface area (Å²) in [4.78, 5) is 23.2. The van der Waals surface area contributed by atoms with Gasteiger partial charge in [0.1, 0.15) is 0 Å². The van der Waals surface area contributed by atoms with Gasteiger partial charge in [0.15, 0.2) is 0 Å². The largest absolute Gasteiger partial charge is 0.478 e. The van der Waals surface area contributed by atoms with Crippen molar-refractivity contribution in [3.05, 3.63) is 59.1 Å². The molecule has 0 spiro atoms. The fraction of sp³-hybridized carbons (Fsp3) is 0.118. The number of tetrazole rings is 1. The Morgan fingerprint density at radius 3 is 2.70 bits per heavy atom. The minimum Gasteiger partial charge on any atom is -0.478 e. The fourth-order valence-electron chi connectivity index (χ4n) is 2.23. The highest BCUT2D eigenvalue weighted by molar-refractivity contribution is 7.99. The minimum absolute atomic E-state index is 0.0640. The molecule has 0 bridgehead atoms. The van der Waals surface area contributed by atoms with E-state index < -0.39 is 5.97 Å². The SMILES string of the molecule is O=C(CCSc1nnnn1-c1ccccc1)Nc1ccc(Cl)c(C(=O)O)c1. The number of carbonyl (C=O) groups excluding carboxylic acids is 1. The quantitative estimate of drug-likeness (QED) is 0.583. The molecule has 10 heteroatoms. The molecule has 138 valence electrons. The molecule has 2 aromatic carbocycles. The van der Waals surface area contributed by atoms with Gasteiger partial charge in [-0.25, -0.2) is 4.79 Å². The molecule has 0 fully saturated rings. The van der Waals surface area contributed by atoms with E-state index in [0.717, 1.165) is 5.69 Å². The average Bonchev–Trinajstić information content (AvgIpc) is 3.12. The van der Waals surface area contributed by atoms with E-state index in [1.807, 2.05) is 30.3 Å². The van der Waals surface area contributed by atoms with Crippen molar-refractivity contribution in [3.63, 3.8) is 0 Å². The van der Waals surface area contributed by atoms with E-state index in [2.05, 4.69) is 20.8 Å². The Hall–Kier alpha value is -2.91. The molecule has 8 nitrogen and oxygen atoms in total. The van der Waals surface area contributed by atoms with E-state index in [1.165, 1.54) is 23.9 Å². The number of para-hydroxylation sites is 1. The van der Waals surface area contributed by atoms with Gasteiger partial charge in [0.2, 0.25) is 11.1 Å². The smallest absolute Gasteiger partial charge is 0.337 e. The zero-order chi connectivity index (χ0) is 19.2. The molecule has 0 unspecified atom stereocenters. The average molecular weight is 404 g/mol. The maximum atomic E-state index is 12.1. The predicted molar refractivity (Wildman–Crippen MR) is 102 cm³/mol. The summed E-state index contributed by atoms with van der Waals surface area (Å²) in [5, 5.41) is 24.0. The monoisotopic (exact) mass is 403 g/mol. The second kappa shape index (κ2) is 8.65. The Morgan fingerprint density at radius 1 is 1.19 bits per heavy atom. The van der Waals surface area contributed by atoms with Gasteiger partial charge in [0, 0.05) is 17.9 Å². The van der Waals surface area contributed by atoms with Crippen LogP contribution in [0.3, 0.4) is 0 Å². The molecule has 3 rings (SSSR count). The first-order valence-electron chi connectivity index (χ1n) is 7.84. The third kappa shape index (κ3) is 4.83. The number of halogens is 1. The molecule has 27 heavy (non-hydrogen) atoms. The van der Waals surface area contributed by atoms with Gasteiger partial charge >= 0.3 is 5.97 Å². The van der Waals surface area contributed by atoms with E-state index in [9.17, 15) is 9.59 Å². The molecule has 3 aromatic rings. The summed E-state index contributed by atoms with van der Waals surface area (Å²) in [5.74, 6) is -0.947. The number of aromatic nitrogens is 4. The molecular formula is C17H14ClN5O3S. The molecule has 0 saturated carbocycles. The normalized spacial score (nSPS) is 10.6. The second-order valence-corrected chi connectivity index (χ2v) is 6.82. The fourth-order valence-corrected chi connectivity index (χ4v) is 3.25. The summed E-state index contributed by atoms with van der Waals surface area (Å²) < 4.78 is 1.60. The lowest BCUT2D eigenvalue weighted by atomic mass is 10.2. The van der Waals surface area contributed by atoms with E-state index in [1.54, 1.807) is 10.7 Å². The second-order valence-electron chi connectivity index (χ2n) is 5.36. The molecular weight excluding hydrogens is 390 g/mol. The van der Waals surface area contributed by atoms with Gasteiger partial charge in [-0.3, -0.25) is 4.79 Å². The van der Waals surface area contributed by atoms with Gasteiger partial charge in [-0.1, -0.05) is 41.6 Å². The van der Waals surface area contributed by atoms with E-state index >= 15 is 0 Å². The van der Waals surface area contributed by atoms with E-state index in [0.29, 0.717) is 16.6 Å². The number of rotatable bonds is 7. The predicted octanol–water partition coefficient (Wildman–Crippen LogP) is 3.13. The van der Waals surface area contributed by atoms with Crippen molar-refractivity contribution in [2.24, 2.45) is 0 Å². The first-order valence-corrected chi connectivity index (χ1v) is 9.20. The molecule has 0 saturated heterocycles. The number of carbonyl (C=O) groups is 2. The van der Waals surface area contributed by atoms with Crippen LogP contribution in [0, 0.1) is 0 Å². The number of hydrogen-bond donors (Lipinski definition) is 2. The molecule has 0 aliphatic rings. The first-order chi connectivity index (χ1) is 13.0. The topological polar surface area (TPSA) is 110 Å². The molecule has 0 radical (unpaired) electrons. The molecule has 1 amide bonds. The van der Waals surface area contributed by atoms with E-state index in [4.69, 9.17) is 16.7 Å². The standard InChI is InChI=1S/C17H14ClN5O3S/c18-14-7-6-11(10-13(14)16(25)26)19-15(24)8-9-27-17-20-21-22-23(17)12-4-2-1-3-5-12/h1-7,10H,8-9H2,(H,19,24)(H,25,26). The number of amides is 1. The summed E-state index contributed by atoms with van der Waals surface area (Å²) in [6.07, 6.45) is 0.206. The van der Waals surface area contributed by atoms with Crippen LogP contribution in [-0.4, -0.2) is 42.9 Å². The van der Waals surface area contributed by atoms with Crippen LogP contribution in [0.5, 0.6) is 0 Å². The van der Waals surface area contributed by atoms with Crippen molar-refractivity contribution < 1.29 is 14.7 Å². The number of nitrogens with one attached hydrogen (secondary N) is 1. The van der Waals surface area contributed by atoms with Crippen LogP contribution in [0.1, 0.15) is 16.8 Å². The summed E-state index contributed by atoms with van der Waals surface area (Å²) in [5.41, 5.74) is 1.14. The van der Waals surface area contributed by atoms with Crippen LogP contribution >= 0.6 is 23.4 Å². The lowest BCUT2D eigenvalue weighted by Crippen LogP contribution is -2.13. The van der Waals surface area contributed by atoms with Gasteiger partial charge < -0.3 is 10.4 Å². The Bertz CT molecular complexity index is 964. The van der Waals surface area contributed by atoms with Gasteiger partial charge in [-0.2, -0.15) is 4.68 Å². The van der Waals surface area contributed by atoms with Gasteiger partial charge in [0.05, 0.1) is 16.3 Å². The zero-order valence-corrected chi connectivity index (χ0v) is 15.4. The van der Waals surface area contributed by atoms with Crippen molar-refractivity contribution in [2.75, 3.05) is 11.1 Å². The minimum atomic E-state index is -1.15. The first kappa shape index (κ1) is 18.9. The van der Waals surface area contributed by atoms with Crippen molar-refractivity contribution in [1.29, 1.82) is 0 Å². The van der Waals surface area contributed by atoms with Crippen LogP contribution in [0.25, 0.3) is 5.69 Å². The number of carboxylic acids is 1. The molecule has 0 aliphatic carbocycles. The van der Waals surface area contributed by atoms with Crippen LogP contribution in [0.4, 0.5) is 5.69 Å². The maximum absolute atomic E-state index is 12.1. The molecule has 1 heterocycles. The number of carboxylic acid groups (broad SMARTS) is 1. The number of nitrogens with zero attached hydrogens (tertiary/aromatic N) is 4. The van der Waals surface area contributed by atoms with E-state index in [-0.39, 0.29) is 22.9 Å². The Labute approximate surface area is 163 Å². The van der Waals surface area contributed by atoms with Crippen molar-refractivity contribution in [3.8, 4) is 5.69 Å². The number of aromatic carboxylic acids is 1. The van der Waals surface area contributed by atoms with Crippen LogP contribution < -0.4 is 5.32 Å². The third-order valence-corrected chi connectivity index (χ3v) is 4.73. The highest BCUT2D eigenvalue weighted by Crippen LogP contribution is 2.22. The van der Waals surface area contributed by atoms with Gasteiger partial charge in [0.25, 0.3) is 0 Å². The Morgan fingerprint density at radius 2 is 1.96 bits per heavy atom. The van der Waals surface area contributed by atoms with Crippen molar-refractivity contribution in [1.82, 2.24) is 20.2 Å². The van der Waals surface area contributed by atoms with Crippen LogP contribution in [0.2, 0.25) is 5.02 Å². The Kier molecular flexibility index (Phi) is 6.05. The molecule has 2 N–H and O–H groups in total. The van der Waals surface area contributed by atoms with Crippen LogP contribution in [-0.2, 0) is 4.79 Å². The van der Waals surface area contributed by atoms with Gasteiger partial charge in [-0.05, 0) is 40.8 Å². The summed E-state index contributed by atoms with van der Waals surface area (Å²) >= 11 is 7.16. The van der Waals surface area contributed by atoms with Gasteiger partial charge in [-0.15, -0.1) is 5.10 Å². The lowest BCUT2D eigenvalue weighted by Gasteiger charge is -2.07. The maximum Gasteiger partial charge on any atom is 0.337 e. The number of anilines is 1. The summed E-state index contributed by atoms with van der Waals surface area (Å²) in [7, 11) is 0. The van der Waals surface area contributed by atoms with Crippen molar-refractivity contribution in [2.45, 2.75) is 11.6 Å². The summed E-state index contributed by atoms with van der Waals surface area (Å²) in [6.45, 7) is 0. The molecule has 0 atom stereocenters. The number of hydrogen-bond acceptors (Lipinski definition) is 6. The third-order valence-electron chi connectivity index (χ3n) is 3.48. The lowest BCUT2D eigenvalue weighted by molar-refractivity contribution is -0.115. The molecule has 0 aliphatic heterocycles. The van der Waals surface area contributed by atoms with Crippen LogP contribution in [0.15, 0.2) is 53.7 Å². The number of thioether (sulfide) groups is 1. The Balaban J connectivity index is 1.56.